The summed E-state index contributed by atoms with van der Waals surface area (Å²) >= 11 is 0. The van der Waals surface area contributed by atoms with Gasteiger partial charge in [-0.25, -0.2) is 4.39 Å². The smallest absolute Gasteiger partial charge is 0.493 e. The number of methoxy groups -OCH3 is 1. The Kier molecular flexibility index (Phi) is 6.30. The summed E-state index contributed by atoms with van der Waals surface area (Å²) in [4.78, 5) is 14.5. The van der Waals surface area contributed by atoms with E-state index in [1.165, 1.54) is 6.92 Å². The maximum absolute atomic E-state index is 15.0. The second-order valence-corrected chi connectivity index (χ2v) is 6.67. The number of hydrogen-bond acceptors (Lipinski definition) is 4. The quantitative estimate of drug-likeness (QED) is 0.444. The highest BCUT2D eigenvalue weighted by Gasteiger charge is 2.37. The topological polar surface area (TPSA) is 60.6 Å². The predicted octanol–water partition coefficient (Wildman–Crippen LogP) is 6.21. The maximum atomic E-state index is 15.0. The van der Waals surface area contributed by atoms with Crippen LogP contribution in [-0.2, 0) is 6.18 Å². The highest BCUT2D eigenvalue weighted by molar-refractivity contribution is 5.70. The van der Waals surface area contributed by atoms with E-state index in [9.17, 15) is 31.1 Å². The molecule has 3 rings (SSSR count). The van der Waals surface area contributed by atoms with Gasteiger partial charge in [0.1, 0.15) is 17.3 Å². The first kappa shape index (κ1) is 24.0. The molecule has 176 valence electrons. The highest BCUT2D eigenvalue weighted by Crippen LogP contribution is 2.43. The monoisotopic (exact) mass is 477 g/mol. The molecule has 0 radical (unpaired) electrons. The van der Waals surface area contributed by atoms with Crippen LogP contribution < -0.4 is 19.6 Å². The van der Waals surface area contributed by atoms with Crippen LogP contribution in [0.2, 0.25) is 0 Å². The number of aryl methyl sites for hydroxylation is 1. The van der Waals surface area contributed by atoms with Gasteiger partial charge >= 0.3 is 12.5 Å². The molecule has 0 spiro atoms. The summed E-state index contributed by atoms with van der Waals surface area (Å²) in [7, 11) is 1.10. The molecule has 0 saturated heterocycles. The number of alkyl halides is 6. The van der Waals surface area contributed by atoms with Crippen LogP contribution >= 0.6 is 0 Å². The number of rotatable bonds is 5. The van der Waals surface area contributed by atoms with Crippen LogP contribution in [0, 0.1) is 12.7 Å². The van der Waals surface area contributed by atoms with E-state index in [0.717, 1.165) is 43.5 Å². The number of nitrogens with one attached hydrogen (secondary N) is 1. The average Bonchev–Trinajstić information content (AvgIpc) is 2.66. The zero-order valence-corrected chi connectivity index (χ0v) is 16.8. The molecule has 1 heterocycles. The second-order valence-electron chi connectivity index (χ2n) is 6.67. The first-order chi connectivity index (χ1) is 15.3. The minimum atomic E-state index is -5.05. The summed E-state index contributed by atoms with van der Waals surface area (Å²) in [6, 6.07) is 6.00. The summed E-state index contributed by atoms with van der Waals surface area (Å²) in [6.07, 6.45) is -10.0. The number of halogens is 7. The number of aromatic nitrogens is 1. The van der Waals surface area contributed by atoms with Crippen molar-refractivity contribution in [1.82, 2.24) is 4.98 Å². The summed E-state index contributed by atoms with van der Waals surface area (Å²) in [5.41, 5.74) is -2.97. The van der Waals surface area contributed by atoms with Crippen LogP contribution in [0.4, 0.5) is 30.7 Å². The van der Waals surface area contributed by atoms with Crippen molar-refractivity contribution in [3.05, 3.63) is 69.8 Å². The van der Waals surface area contributed by atoms with Gasteiger partial charge in [-0.1, -0.05) is 0 Å². The van der Waals surface area contributed by atoms with E-state index >= 15 is 4.39 Å². The van der Waals surface area contributed by atoms with Gasteiger partial charge in [0.25, 0.3) is 0 Å². The van der Waals surface area contributed by atoms with Crippen molar-refractivity contribution in [2.75, 3.05) is 7.11 Å². The van der Waals surface area contributed by atoms with Gasteiger partial charge in [-0.15, -0.1) is 13.2 Å². The van der Waals surface area contributed by atoms with Gasteiger partial charge < -0.3 is 19.2 Å². The third-order valence-electron chi connectivity index (χ3n) is 4.24. The van der Waals surface area contributed by atoms with Gasteiger partial charge in [0.05, 0.1) is 23.9 Å². The van der Waals surface area contributed by atoms with Crippen molar-refractivity contribution >= 4 is 0 Å². The lowest BCUT2D eigenvalue weighted by Crippen LogP contribution is -2.17. The Bertz CT molecular complexity index is 1230. The fourth-order valence-electron chi connectivity index (χ4n) is 2.98. The van der Waals surface area contributed by atoms with Gasteiger partial charge in [0.15, 0.2) is 16.9 Å². The minimum absolute atomic E-state index is 0.242. The Morgan fingerprint density at radius 1 is 0.879 bits per heavy atom. The highest BCUT2D eigenvalue weighted by atomic mass is 19.4. The third-order valence-corrected chi connectivity index (χ3v) is 4.24. The molecule has 0 aliphatic carbocycles. The van der Waals surface area contributed by atoms with E-state index in [2.05, 4.69) is 9.72 Å². The normalized spacial score (nSPS) is 11.9. The molecule has 33 heavy (non-hydrogen) atoms. The predicted molar refractivity (Wildman–Crippen MR) is 102 cm³/mol. The number of hydrogen-bond donors (Lipinski definition) is 1. The number of H-pyrrole nitrogens is 1. The Morgan fingerprint density at radius 3 is 2.12 bits per heavy atom. The Morgan fingerprint density at radius 2 is 1.55 bits per heavy atom. The van der Waals surface area contributed by atoms with Crippen molar-refractivity contribution in [2.45, 2.75) is 19.5 Å². The van der Waals surface area contributed by atoms with E-state index < -0.39 is 46.4 Å². The van der Waals surface area contributed by atoms with E-state index in [0.29, 0.717) is 6.07 Å². The number of pyridine rings is 1. The SMILES string of the molecule is COc1cc(OC(F)(F)F)ccc1Oc1ccc(C(F)(F)F)c(F)c1-c1cc(=O)cc(C)[nH]1. The molecule has 0 aliphatic rings. The standard InChI is InChI=1S/C21H14F7NO4/c1-10-7-11(30)8-14(29-10)18-16(6-4-13(19(18)22)20(23,24)25)32-15-5-3-12(9-17(15)31-2)33-21(26,27)28/h3-9H,1-2H3,(H,29,30). The lowest BCUT2D eigenvalue weighted by molar-refractivity contribution is -0.274. The molecule has 0 saturated carbocycles. The zero-order chi connectivity index (χ0) is 24.6. The van der Waals surface area contributed by atoms with Crippen molar-refractivity contribution in [2.24, 2.45) is 0 Å². The molecule has 0 atom stereocenters. The lowest BCUT2D eigenvalue weighted by Gasteiger charge is -2.18. The van der Waals surface area contributed by atoms with Crippen LogP contribution in [0.15, 0.2) is 47.3 Å². The van der Waals surface area contributed by atoms with Crippen LogP contribution in [0.5, 0.6) is 23.0 Å². The van der Waals surface area contributed by atoms with Gasteiger partial charge in [0, 0.05) is 23.9 Å². The zero-order valence-electron chi connectivity index (χ0n) is 16.8. The Balaban J connectivity index is 2.16. The molecular formula is C21H14F7NO4. The van der Waals surface area contributed by atoms with Gasteiger partial charge in [-0.3, -0.25) is 4.79 Å². The summed E-state index contributed by atoms with van der Waals surface area (Å²) in [5, 5.41) is 0. The van der Waals surface area contributed by atoms with Gasteiger partial charge in [0.2, 0.25) is 0 Å². The van der Waals surface area contributed by atoms with Crippen LogP contribution in [-0.4, -0.2) is 18.5 Å². The van der Waals surface area contributed by atoms with Gasteiger partial charge in [-0.2, -0.15) is 13.2 Å². The van der Waals surface area contributed by atoms with E-state index in [-0.39, 0.29) is 22.9 Å². The van der Waals surface area contributed by atoms with Crippen LogP contribution in [0.1, 0.15) is 11.3 Å². The molecule has 3 aromatic rings. The molecular weight excluding hydrogens is 463 g/mol. The molecule has 0 fully saturated rings. The lowest BCUT2D eigenvalue weighted by atomic mass is 10.0. The van der Waals surface area contributed by atoms with Crippen molar-refractivity contribution in [1.29, 1.82) is 0 Å². The largest absolute Gasteiger partial charge is 0.573 e. The van der Waals surface area contributed by atoms with E-state index in [1.54, 1.807) is 0 Å². The molecule has 0 bridgehead atoms. The number of benzene rings is 2. The van der Waals surface area contributed by atoms with E-state index in [1.807, 2.05) is 0 Å². The van der Waals surface area contributed by atoms with Crippen molar-refractivity contribution in [3.8, 4) is 34.3 Å². The molecule has 1 N–H and O–H groups in total. The summed E-state index contributed by atoms with van der Waals surface area (Å²) in [6.45, 7) is 1.44. The van der Waals surface area contributed by atoms with Crippen molar-refractivity contribution in [3.63, 3.8) is 0 Å². The number of ether oxygens (including phenoxy) is 3. The molecule has 1 aromatic heterocycles. The first-order valence-corrected chi connectivity index (χ1v) is 9.01. The van der Waals surface area contributed by atoms with Gasteiger partial charge in [-0.05, 0) is 31.2 Å². The Hall–Kier alpha value is -3.70. The fraction of sp³-hybridized carbons (Fsp3) is 0.190. The van der Waals surface area contributed by atoms with Crippen LogP contribution in [0.3, 0.4) is 0 Å². The summed E-state index contributed by atoms with van der Waals surface area (Å²) < 4.78 is 106. The third kappa shape index (κ3) is 5.57. The minimum Gasteiger partial charge on any atom is -0.493 e. The molecule has 5 nitrogen and oxygen atoms in total. The first-order valence-electron chi connectivity index (χ1n) is 9.01. The van der Waals surface area contributed by atoms with E-state index in [4.69, 9.17) is 9.47 Å². The number of aromatic amines is 1. The molecule has 2 aromatic carbocycles. The maximum Gasteiger partial charge on any atom is 0.573 e. The Labute approximate surface area is 181 Å². The average molecular weight is 477 g/mol. The van der Waals surface area contributed by atoms with Crippen molar-refractivity contribution < 1.29 is 44.9 Å². The second kappa shape index (κ2) is 8.68. The summed E-state index contributed by atoms with van der Waals surface area (Å²) in [5.74, 6) is -3.33. The molecule has 0 amide bonds. The molecule has 0 aliphatic heterocycles. The van der Waals surface area contributed by atoms with Crippen LogP contribution in [0.25, 0.3) is 11.3 Å². The fourth-order valence-corrected chi connectivity index (χ4v) is 2.98. The molecule has 12 heteroatoms. The molecule has 0 unspecified atom stereocenters.